The van der Waals surface area contributed by atoms with Crippen molar-refractivity contribution in [3.8, 4) is 0 Å². The highest BCUT2D eigenvalue weighted by molar-refractivity contribution is 5.96. The molecular formula is C23H28N4O3. The number of pyridine rings is 1. The molecule has 0 unspecified atom stereocenters. The van der Waals surface area contributed by atoms with E-state index in [0.29, 0.717) is 31.9 Å². The highest BCUT2D eigenvalue weighted by Crippen LogP contribution is 2.18. The van der Waals surface area contributed by atoms with Crippen molar-refractivity contribution < 1.29 is 14.3 Å². The van der Waals surface area contributed by atoms with E-state index in [-0.39, 0.29) is 12.0 Å². The summed E-state index contributed by atoms with van der Waals surface area (Å²) in [5.41, 5.74) is 3.44. The van der Waals surface area contributed by atoms with Crippen LogP contribution >= 0.6 is 0 Å². The van der Waals surface area contributed by atoms with Crippen molar-refractivity contribution in [2.45, 2.75) is 31.9 Å². The fourth-order valence-electron chi connectivity index (χ4n) is 3.83. The number of methoxy groups -OCH3 is 1. The number of piperidine rings is 1. The number of carbonyl (C=O) groups is 1. The summed E-state index contributed by atoms with van der Waals surface area (Å²) >= 11 is 0. The fourth-order valence-corrected chi connectivity index (χ4v) is 3.83. The van der Waals surface area contributed by atoms with Crippen LogP contribution in [-0.4, -0.2) is 64.9 Å². The molecule has 0 saturated carbocycles. The Morgan fingerprint density at radius 1 is 1.13 bits per heavy atom. The number of fused-ring (bicyclic) bond motifs is 1. The molecule has 7 heteroatoms. The van der Waals surface area contributed by atoms with Crippen LogP contribution in [0.4, 0.5) is 0 Å². The van der Waals surface area contributed by atoms with Gasteiger partial charge >= 0.3 is 0 Å². The lowest BCUT2D eigenvalue weighted by Gasteiger charge is -2.32. The summed E-state index contributed by atoms with van der Waals surface area (Å²) in [6.07, 6.45) is 6.28. The number of amides is 1. The van der Waals surface area contributed by atoms with Crippen LogP contribution in [0.15, 0.2) is 48.9 Å². The van der Waals surface area contributed by atoms with Crippen molar-refractivity contribution in [3.05, 3.63) is 60.0 Å². The summed E-state index contributed by atoms with van der Waals surface area (Å²) in [6, 6.07) is 12.2. The number of nitrogens with zero attached hydrogens (tertiary/aromatic N) is 4. The number of ether oxygens (including phenoxy) is 2. The minimum absolute atomic E-state index is 0.0126. The molecule has 0 bridgehead atoms. The highest BCUT2D eigenvalue weighted by atomic mass is 16.5. The van der Waals surface area contributed by atoms with Gasteiger partial charge in [-0.2, -0.15) is 0 Å². The zero-order valence-electron chi connectivity index (χ0n) is 17.4. The third kappa shape index (κ3) is 4.86. The molecule has 7 nitrogen and oxygen atoms in total. The number of benzene rings is 1. The van der Waals surface area contributed by atoms with Gasteiger partial charge in [-0.05, 0) is 30.9 Å². The van der Waals surface area contributed by atoms with Gasteiger partial charge in [-0.3, -0.25) is 4.79 Å². The Kier molecular flexibility index (Phi) is 6.71. The Bertz CT molecular complexity index is 965. The quantitative estimate of drug-likeness (QED) is 0.536. The van der Waals surface area contributed by atoms with Crippen LogP contribution in [0.5, 0.6) is 0 Å². The summed E-state index contributed by atoms with van der Waals surface area (Å²) in [7, 11) is 1.67. The van der Waals surface area contributed by atoms with Gasteiger partial charge in [0, 0.05) is 32.9 Å². The maximum absolute atomic E-state index is 12.9. The predicted octanol–water partition coefficient (Wildman–Crippen LogP) is 2.94. The molecule has 1 saturated heterocycles. The summed E-state index contributed by atoms with van der Waals surface area (Å²) in [5, 5.41) is 0. The topological polar surface area (TPSA) is 69.5 Å². The Hall–Kier alpha value is -2.77. The molecule has 0 atom stereocenters. The number of hydrogen-bond donors (Lipinski definition) is 0. The Balaban J connectivity index is 1.36. The average molecular weight is 409 g/mol. The van der Waals surface area contributed by atoms with E-state index in [1.54, 1.807) is 19.6 Å². The number of rotatable bonds is 8. The van der Waals surface area contributed by atoms with Crippen molar-refractivity contribution in [2.75, 3.05) is 33.4 Å². The predicted molar refractivity (Wildman–Crippen MR) is 114 cm³/mol. The second-order valence-corrected chi connectivity index (χ2v) is 7.60. The van der Waals surface area contributed by atoms with E-state index in [1.807, 2.05) is 33.7 Å². The third-order valence-corrected chi connectivity index (χ3v) is 5.56. The third-order valence-electron chi connectivity index (χ3n) is 5.56. The molecule has 1 aromatic carbocycles. The van der Waals surface area contributed by atoms with E-state index in [1.165, 1.54) is 5.56 Å². The number of likely N-dealkylation sites (tertiary alicyclic amines) is 1. The lowest BCUT2D eigenvalue weighted by atomic mass is 10.1. The summed E-state index contributed by atoms with van der Waals surface area (Å²) in [6.45, 7) is 3.39. The number of aryl methyl sites for hydroxylation is 2. The standard InChI is InChI=1S/C23H28N4O3/c1-29-13-14-30-20-8-11-26(12-9-20)23(28)19-15-21-22(24-16-19)27(17-25-21)10-7-18-5-3-2-4-6-18/h2-6,15-17,20H,7-14H2,1H3. The molecule has 3 heterocycles. The van der Waals surface area contributed by atoms with E-state index in [0.717, 1.165) is 37.0 Å². The molecule has 2 aromatic heterocycles. The van der Waals surface area contributed by atoms with Gasteiger partial charge in [-0.1, -0.05) is 30.3 Å². The molecule has 1 aliphatic heterocycles. The molecule has 4 rings (SSSR count). The number of carbonyl (C=O) groups excluding carboxylic acids is 1. The van der Waals surface area contributed by atoms with Crippen LogP contribution < -0.4 is 0 Å². The van der Waals surface area contributed by atoms with Crippen LogP contribution in [0.2, 0.25) is 0 Å². The Labute approximate surface area is 176 Å². The lowest BCUT2D eigenvalue weighted by Crippen LogP contribution is -2.41. The first kappa shape index (κ1) is 20.5. The molecule has 1 fully saturated rings. The first-order chi connectivity index (χ1) is 14.7. The summed E-state index contributed by atoms with van der Waals surface area (Å²) in [4.78, 5) is 23.8. The zero-order valence-corrected chi connectivity index (χ0v) is 17.4. The second-order valence-electron chi connectivity index (χ2n) is 7.60. The molecule has 1 amide bonds. The van der Waals surface area contributed by atoms with Crippen molar-refractivity contribution in [3.63, 3.8) is 0 Å². The van der Waals surface area contributed by atoms with Crippen molar-refractivity contribution in [1.29, 1.82) is 0 Å². The zero-order chi connectivity index (χ0) is 20.8. The Morgan fingerprint density at radius 3 is 2.70 bits per heavy atom. The number of aromatic nitrogens is 3. The van der Waals surface area contributed by atoms with Crippen molar-refractivity contribution >= 4 is 17.1 Å². The molecule has 0 radical (unpaired) electrons. The SMILES string of the molecule is COCCOC1CCN(C(=O)c2cnc3c(c2)ncn3CCc2ccccc2)CC1. The van der Waals surface area contributed by atoms with Gasteiger partial charge in [-0.15, -0.1) is 0 Å². The summed E-state index contributed by atoms with van der Waals surface area (Å²) in [5.74, 6) is 0.0126. The van der Waals surface area contributed by atoms with Crippen LogP contribution in [0, 0.1) is 0 Å². The molecule has 0 N–H and O–H groups in total. The highest BCUT2D eigenvalue weighted by Gasteiger charge is 2.24. The molecule has 0 aliphatic carbocycles. The van der Waals surface area contributed by atoms with Crippen molar-refractivity contribution in [1.82, 2.24) is 19.4 Å². The van der Waals surface area contributed by atoms with Crippen LogP contribution in [0.1, 0.15) is 28.8 Å². The van der Waals surface area contributed by atoms with Crippen LogP contribution in [0.3, 0.4) is 0 Å². The van der Waals surface area contributed by atoms with Crippen LogP contribution in [0.25, 0.3) is 11.2 Å². The van der Waals surface area contributed by atoms with E-state index in [4.69, 9.17) is 9.47 Å². The fraction of sp³-hybridized carbons (Fsp3) is 0.435. The molecule has 0 spiro atoms. The number of hydrogen-bond acceptors (Lipinski definition) is 5. The molecule has 158 valence electrons. The van der Waals surface area contributed by atoms with Crippen LogP contribution in [-0.2, 0) is 22.4 Å². The second kappa shape index (κ2) is 9.82. The largest absolute Gasteiger partial charge is 0.382 e. The van der Waals surface area contributed by atoms with Gasteiger partial charge in [0.25, 0.3) is 5.91 Å². The smallest absolute Gasteiger partial charge is 0.255 e. The maximum atomic E-state index is 12.9. The van der Waals surface area contributed by atoms with Gasteiger partial charge in [0.15, 0.2) is 5.65 Å². The monoisotopic (exact) mass is 408 g/mol. The van der Waals surface area contributed by atoms with Crippen molar-refractivity contribution in [2.24, 2.45) is 0 Å². The van der Waals surface area contributed by atoms with E-state index in [2.05, 4.69) is 22.1 Å². The van der Waals surface area contributed by atoms with E-state index in [9.17, 15) is 4.79 Å². The van der Waals surface area contributed by atoms with Gasteiger partial charge in [0.1, 0.15) is 5.52 Å². The minimum atomic E-state index is 0.0126. The lowest BCUT2D eigenvalue weighted by molar-refractivity contribution is -0.0122. The first-order valence-electron chi connectivity index (χ1n) is 10.5. The van der Waals surface area contributed by atoms with E-state index < -0.39 is 0 Å². The van der Waals surface area contributed by atoms with Gasteiger partial charge in [0.2, 0.25) is 0 Å². The van der Waals surface area contributed by atoms with Gasteiger partial charge < -0.3 is 18.9 Å². The van der Waals surface area contributed by atoms with Gasteiger partial charge in [-0.25, -0.2) is 9.97 Å². The number of imidazole rings is 1. The Morgan fingerprint density at radius 2 is 1.93 bits per heavy atom. The molecule has 30 heavy (non-hydrogen) atoms. The van der Waals surface area contributed by atoms with E-state index >= 15 is 0 Å². The van der Waals surface area contributed by atoms with Gasteiger partial charge in [0.05, 0.1) is 31.2 Å². The first-order valence-corrected chi connectivity index (χ1v) is 10.5. The average Bonchev–Trinajstić information content (AvgIpc) is 3.21. The normalized spacial score (nSPS) is 15.0. The molecule has 1 aliphatic rings. The molecular weight excluding hydrogens is 380 g/mol. The molecule has 3 aromatic rings. The maximum Gasteiger partial charge on any atom is 0.255 e. The minimum Gasteiger partial charge on any atom is -0.382 e. The summed E-state index contributed by atoms with van der Waals surface area (Å²) < 4.78 is 12.8.